The molecule has 3 rings (SSSR count). The van der Waals surface area contributed by atoms with Gasteiger partial charge >= 0.3 is 0 Å². The lowest BCUT2D eigenvalue weighted by molar-refractivity contribution is 0.419. The fraction of sp³-hybridized carbons (Fsp3) is 0.227. The highest BCUT2D eigenvalue weighted by atomic mass is 35.5. The SMILES string of the molecule is CCC(C(C)=CC#N)(c1ccc(Cl)cc1)n1ccc2c(NS(C)(=O)=O)cccc21. The van der Waals surface area contributed by atoms with Gasteiger partial charge in [0.15, 0.2) is 0 Å². The second-order valence-electron chi connectivity index (χ2n) is 6.98. The van der Waals surface area contributed by atoms with Crippen LogP contribution in [0.1, 0.15) is 25.8 Å². The quantitative estimate of drug-likeness (QED) is 0.543. The minimum atomic E-state index is -3.41. The second kappa shape index (κ2) is 7.94. The van der Waals surface area contributed by atoms with Gasteiger partial charge in [0.1, 0.15) is 0 Å². The third-order valence-corrected chi connectivity index (χ3v) is 6.05. The highest BCUT2D eigenvalue weighted by Crippen LogP contribution is 2.41. The Morgan fingerprint density at radius 3 is 2.52 bits per heavy atom. The van der Waals surface area contributed by atoms with Gasteiger partial charge in [-0.2, -0.15) is 5.26 Å². The van der Waals surface area contributed by atoms with Gasteiger partial charge in [0.05, 0.1) is 29.1 Å². The molecular weight excluding hydrogens is 406 g/mol. The Hall–Kier alpha value is -2.75. The van der Waals surface area contributed by atoms with Crippen LogP contribution in [0.25, 0.3) is 10.9 Å². The van der Waals surface area contributed by atoms with Crippen LogP contribution in [-0.4, -0.2) is 19.2 Å². The number of sulfonamides is 1. The Bertz CT molecular complexity index is 1220. The number of rotatable bonds is 6. The number of nitrogens with one attached hydrogen (secondary N) is 1. The number of fused-ring (bicyclic) bond motifs is 1. The largest absolute Gasteiger partial charge is 0.333 e. The van der Waals surface area contributed by atoms with E-state index in [0.29, 0.717) is 17.1 Å². The number of nitrogens with zero attached hydrogens (tertiary/aromatic N) is 2. The van der Waals surface area contributed by atoms with E-state index in [1.165, 1.54) is 0 Å². The van der Waals surface area contributed by atoms with Gasteiger partial charge in [-0.15, -0.1) is 0 Å². The van der Waals surface area contributed by atoms with Gasteiger partial charge in [0.2, 0.25) is 10.0 Å². The predicted molar refractivity (Wildman–Crippen MR) is 119 cm³/mol. The van der Waals surface area contributed by atoms with Crippen LogP contribution >= 0.6 is 11.6 Å². The van der Waals surface area contributed by atoms with Crippen LogP contribution < -0.4 is 4.72 Å². The van der Waals surface area contributed by atoms with E-state index < -0.39 is 15.6 Å². The molecule has 7 heteroatoms. The first-order valence-electron chi connectivity index (χ1n) is 9.14. The fourth-order valence-electron chi connectivity index (χ4n) is 3.94. The second-order valence-corrected chi connectivity index (χ2v) is 9.16. The first-order valence-corrected chi connectivity index (χ1v) is 11.4. The Balaban J connectivity index is 2.34. The summed E-state index contributed by atoms with van der Waals surface area (Å²) in [6, 6.07) is 17.1. The zero-order valence-electron chi connectivity index (χ0n) is 16.5. The molecule has 1 N–H and O–H groups in total. The maximum Gasteiger partial charge on any atom is 0.229 e. The first-order chi connectivity index (χ1) is 13.7. The molecule has 0 aliphatic carbocycles. The standard InChI is InChI=1S/C22H22ClN3O2S/c1-4-22(16(2)12-14-24,17-8-10-18(23)11-9-17)26-15-13-19-20(25-29(3,27)28)6-5-7-21(19)26/h5-13,15,25H,4H2,1-3H3. The lowest BCUT2D eigenvalue weighted by atomic mass is 9.80. The summed E-state index contributed by atoms with van der Waals surface area (Å²) in [6.07, 6.45) is 5.31. The van der Waals surface area contributed by atoms with Crippen molar-refractivity contribution < 1.29 is 8.42 Å². The Kier molecular flexibility index (Phi) is 5.74. The highest BCUT2D eigenvalue weighted by Gasteiger charge is 2.35. The van der Waals surface area contributed by atoms with Crippen molar-refractivity contribution in [2.24, 2.45) is 0 Å². The molecule has 1 aromatic heterocycles. The van der Waals surface area contributed by atoms with Crippen molar-refractivity contribution in [3.63, 3.8) is 0 Å². The van der Waals surface area contributed by atoms with Gasteiger partial charge in [-0.05, 0) is 54.8 Å². The van der Waals surface area contributed by atoms with Crippen LogP contribution in [0, 0.1) is 11.3 Å². The number of benzene rings is 2. The van der Waals surface area contributed by atoms with Crippen LogP contribution in [0.5, 0.6) is 0 Å². The third-order valence-electron chi connectivity index (χ3n) is 5.21. The van der Waals surface area contributed by atoms with Crippen LogP contribution in [0.2, 0.25) is 5.02 Å². The van der Waals surface area contributed by atoms with Crippen LogP contribution in [0.15, 0.2) is 66.4 Å². The summed E-state index contributed by atoms with van der Waals surface area (Å²) in [5, 5.41) is 10.8. The maximum absolute atomic E-state index is 11.8. The van der Waals surface area contributed by atoms with Gasteiger partial charge in [0.25, 0.3) is 0 Å². The molecule has 0 bridgehead atoms. The lowest BCUT2D eigenvalue weighted by Crippen LogP contribution is -2.35. The summed E-state index contributed by atoms with van der Waals surface area (Å²) in [7, 11) is -3.41. The van der Waals surface area contributed by atoms with Crippen LogP contribution in [0.3, 0.4) is 0 Å². The maximum atomic E-state index is 11.8. The molecule has 29 heavy (non-hydrogen) atoms. The van der Waals surface area contributed by atoms with E-state index in [-0.39, 0.29) is 0 Å². The summed E-state index contributed by atoms with van der Waals surface area (Å²) in [5.41, 5.74) is 2.63. The molecule has 1 heterocycles. The van der Waals surface area contributed by atoms with E-state index in [0.717, 1.165) is 28.3 Å². The molecule has 0 saturated heterocycles. The van der Waals surface area contributed by atoms with Crippen molar-refractivity contribution in [1.82, 2.24) is 4.57 Å². The van der Waals surface area contributed by atoms with E-state index in [1.807, 2.05) is 55.6 Å². The Morgan fingerprint density at radius 2 is 1.93 bits per heavy atom. The van der Waals surface area contributed by atoms with Crippen molar-refractivity contribution in [2.75, 3.05) is 11.0 Å². The number of aromatic nitrogens is 1. The van der Waals surface area contributed by atoms with Crippen molar-refractivity contribution in [3.05, 3.63) is 77.0 Å². The minimum Gasteiger partial charge on any atom is -0.333 e. The summed E-state index contributed by atoms with van der Waals surface area (Å²) >= 11 is 6.11. The van der Waals surface area contributed by atoms with Crippen molar-refractivity contribution in [2.45, 2.75) is 25.8 Å². The van der Waals surface area contributed by atoms with Crippen molar-refractivity contribution in [3.8, 4) is 6.07 Å². The molecule has 0 fully saturated rings. The highest BCUT2D eigenvalue weighted by molar-refractivity contribution is 7.92. The van der Waals surface area contributed by atoms with Crippen molar-refractivity contribution in [1.29, 1.82) is 5.26 Å². The molecule has 0 spiro atoms. The molecule has 0 aliphatic rings. The van der Waals surface area contributed by atoms with E-state index in [9.17, 15) is 13.7 Å². The van der Waals surface area contributed by atoms with Gasteiger partial charge in [0, 0.05) is 22.7 Å². The fourth-order valence-corrected chi connectivity index (χ4v) is 4.64. The van der Waals surface area contributed by atoms with Crippen LogP contribution in [-0.2, 0) is 15.6 Å². The molecular formula is C22H22ClN3O2S. The zero-order valence-corrected chi connectivity index (χ0v) is 18.1. The Morgan fingerprint density at radius 1 is 1.24 bits per heavy atom. The van der Waals surface area contributed by atoms with Crippen molar-refractivity contribution >= 4 is 38.2 Å². The molecule has 3 aromatic rings. The molecule has 0 radical (unpaired) electrons. The number of nitriles is 1. The molecule has 0 amide bonds. The average molecular weight is 428 g/mol. The molecule has 1 unspecified atom stereocenters. The molecule has 1 atom stereocenters. The summed E-state index contributed by atoms with van der Waals surface area (Å²) < 4.78 is 28.2. The topological polar surface area (TPSA) is 74.9 Å². The summed E-state index contributed by atoms with van der Waals surface area (Å²) in [6.45, 7) is 4.00. The number of anilines is 1. The van der Waals surface area contributed by atoms with Crippen LogP contribution in [0.4, 0.5) is 5.69 Å². The third kappa shape index (κ3) is 3.89. The first kappa shape index (κ1) is 21.0. The zero-order chi connectivity index (χ0) is 21.2. The van der Waals surface area contributed by atoms with E-state index >= 15 is 0 Å². The molecule has 0 saturated carbocycles. The number of halogens is 1. The number of hydrogen-bond donors (Lipinski definition) is 1. The van der Waals surface area contributed by atoms with Gasteiger partial charge < -0.3 is 4.57 Å². The van der Waals surface area contributed by atoms with E-state index in [4.69, 9.17) is 11.6 Å². The van der Waals surface area contributed by atoms with Gasteiger partial charge in [-0.3, -0.25) is 4.72 Å². The molecule has 2 aromatic carbocycles. The van der Waals surface area contributed by atoms with E-state index in [1.54, 1.807) is 12.1 Å². The summed E-state index contributed by atoms with van der Waals surface area (Å²) in [4.78, 5) is 0. The number of hydrogen-bond acceptors (Lipinski definition) is 3. The lowest BCUT2D eigenvalue weighted by Gasteiger charge is -2.37. The molecule has 5 nitrogen and oxygen atoms in total. The number of allylic oxidation sites excluding steroid dienone is 2. The van der Waals surface area contributed by atoms with Gasteiger partial charge in [-0.25, -0.2) is 8.42 Å². The molecule has 0 aliphatic heterocycles. The van der Waals surface area contributed by atoms with Gasteiger partial charge in [-0.1, -0.05) is 36.7 Å². The summed E-state index contributed by atoms with van der Waals surface area (Å²) in [5.74, 6) is 0. The Labute approximate surface area is 176 Å². The monoisotopic (exact) mass is 427 g/mol. The smallest absolute Gasteiger partial charge is 0.229 e. The molecule has 150 valence electrons. The minimum absolute atomic E-state index is 0.520. The normalized spacial score (nSPS) is 14.4. The average Bonchev–Trinajstić information content (AvgIpc) is 3.09. The van der Waals surface area contributed by atoms with E-state index in [2.05, 4.69) is 22.3 Å². The predicted octanol–water partition coefficient (Wildman–Crippen LogP) is 5.29.